The van der Waals surface area contributed by atoms with E-state index in [-0.39, 0.29) is 16.2 Å². The maximum Gasteiger partial charge on any atom is 0.0242 e. The van der Waals surface area contributed by atoms with Crippen LogP contribution in [0.25, 0.3) is 11.1 Å². The van der Waals surface area contributed by atoms with Gasteiger partial charge in [0.15, 0.2) is 0 Å². The summed E-state index contributed by atoms with van der Waals surface area (Å²) in [5.74, 6) is 0. The Hall–Kier alpha value is -1.99. The van der Waals surface area contributed by atoms with E-state index in [1.165, 1.54) is 43.2 Å². The third-order valence-corrected chi connectivity index (χ3v) is 7.66. The van der Waals surface area contributed by atoms with E-state index in [1.807, 2.05) is 11.8 Å². The highest BCUT2D eigenvalue weighted by Crippen LogP contribution is 2.53. The van der Waals surface area contributed by atoms with E-state index >= 15 is 0 Å². The maximum atomic E-state index is 2.47. The lowest BCUT2D eigenvalue weighted by Crippen LogP contribution is -2.26. The Labute approximate surface area is 187 Å². The Kier molecular flexibility index (Phi) is 4.97. The van der Waals surface area contributed by atoms with Crippen molar-refractivity contribution in [2.24, 2.45) is 0 Å². The van der Waals surface area contributed by atoms with Gasteiger partial charge in [-0.2, -0.15) is 0 Å². The Morgan fingerprint density at radius 2 is 1.27 bits per heavy atom. The summed E-state index contributed by atoms with van der Waals surface area (Å²) in [5, 5.41) is 0. The Balaban J connectivity index is 2.00. The van der Waals surface area contributed by atoms with E-state index in [1.54, 1.807) is 0 Å². The standard InChI is InChI=1S/C29H34S/c1-27(2,3)20-14-15-25-23(17-20)29(7,8)24-18-21(28(4,5)6)16-22(26(24)30-25)19-12-10-9-11-13-19/h9-18H,1-8H3. The molecule has 3 aromatic carbocycles. The number of hydrogen-bond acceptors (Lipinski definition) is 1. The highest BCUT2D eigenvalue weighted by molar-refractivity contribution is 7.99. The zero-order chi connectivity index (χ0) is 21.9. The summed E-state index contributed by atoms with van der Waals surface area (Å²) < 4.78 is 0. The third-order valence-electron chi connectivity index (χ3n) is 6.44. The molecule has 1 heteroatoms. The van der Waals surface area contributed by atoms with Crippen LogP contribution in [0.4, 0.5) is 0 Å². The minimum Gasteiger partial charge on any atom is -0.0888 e. The first-order chi connectivity index (χ1) is 13.9. The third kappa shape index (κ3) is 3.62. The van der Waals surface area contributed by atoms with Gasteiger partial charge in [0, 0.05) is 15.2 Å². The molecule has 0 bridgehead atoms. The van der Waals surface area contributed by atoms with E-state index in [0.29, 0.717) is 0 Å². The minimum atomic E-state index is -0.0397. The van der Waals surface area contributed by atoms with Crippen molar-refractivity contribution in [2.75, 3.05) is 0 Å². The van der Waals surface area contributed by atoms with Gasteiger partial charge in [0.2, 0.25) is 0 Å². The summed E-state index contributed by atoms with van der Waals surface area (Å²) in [6.07, 6.45) is 0. The normalized spacial score (nSPS) is 15.5. The van der Waals surface area contributed by atoms with Gasteiger partial charge in [0.25, 0.3) is 0 Å². The van der Waals surface area contributed by atoms with E-state index < -0.39 is 0 Å². The number of rotatable bonds is 1. The van der Waals surface area contributed by atoms with Crippen LogP contribution in [0.1, 0.15) is 77.6 Å². The molecule has 1 heterocycles. The molecule has 0 amide bonds. The fourth-order valence-electron chi connectivity index (χ4n) is 4.30. The van der Waals surface area contributed by atoms with Crippen molar-refractivity contribution in [3.05, 3.63) is 82.9 Å². The first-order valence-electron chi connectivity index (χ1n) is 11.0. The zero-order valence-electron chi connectivity index (χ0n) is 19.7. The van der Waals surface area contributed by atoms with E-state index in [4.69, 9.17) is 0 Å². The largest absolute Gasteiger partial charge is 0.0888 e. The molecule has 4 rings (SSSR count). The summed E-state index contributed by atoms with van der Waals surface area (Å²) in [6.45, 7) is 18.7. The first kappa shape index (κ1) is 21.2. The van der Waals surface area contributed by atoms with Crippen molar-refractivity contribution in [1.29, 1.82) is 0 Å². The average molecular weight is 415 g/mol. The molecule has 0 saturated carbocycles. The lowest BCUT2D eigenvalue weighted by atomic mass is 9.72. The molecule has 0 nitrogen and oxygen atoms in total. The average Bonchev–Trinajstić information content (AvgIpc) is 2.66. The molecule has 0 aromatic heterocycles. The van der Waals surface area contributed by atoms with Gasteiger partial charge in [-0.15, -0.1) is 0 Å². The Morgan fingerprint density at radius 3 is 1.87 bits per heavy atom. The van der Waals surface area contributed by atoms with Gasteiger partial charge >= 0.3 is 0 Å². The molecular weight excluding hydrogens is 380 g/mol. The van der Waals surface area contributed by atoms with E-state index in [0.717, 1.165) is 0 Å². The summed E-state index contributed by atoms with van der Waals surface area (Å²) in [7, 11) is 0. The van der Waals surface area contributed by atoms with Gasteiger partial charge in [-0.25, -0.2) is 0 Å². The second-order valence-corrected chi connectivity index (χ2v) is 12.3. The van der Waals surface area contributed by atoms with Gasteiger partial charge < -0.3 is 0 Å². The zero-order valence-corrected chi connectivity index (χ0v) is 20.5. The van der Waals surface area contributed by atoms with Gasteiger partial charge in [-0.05, 0) is 56.3 Å². The minimum absolute atomic E-state index is 0.0397. The lowest BCUT2D eigenvalue weighted by molar-refractivity contribution is 0.564. The molecule has 30 heavy (non-hydrogen) atoms. The van der Waals surface area contributed by atoms with Crippen LogP contribution in [0.2, 0.25) is 0 Å². The van der Waals surface area contributed by atoms with Crippen LogP contribution < -0.4 is 0 Å². The van der Waals surface area contributed by atoms with Crippen LogP contribution in [-0.2, 0) is 16.2 Å². The maximum absolute atomic E-state index is 2.47. The summed E-state index contributed by atoms with van der Waals surface area (Å²) >= 11 is 1.94. The second kappa shape index (κ2) is 7.02. The molecule has 0 fully saturated rings. The second-order valence-electron chi connectivity index (χ2n) is 11.2. The number of fused-ring (bicyclic) bond motifs is 2. The van der Waals surface area contributed by atoms with E-state index in [9.17, 15) is 0 Å². The molecular formula is C29H34S. The summed E-state index contributed by atoms with van der Waals surface area (Å²) in [4.78, 5) is 2.80. The summed E-state index contributed by atoms with van der Waals surface area (Å²) in [6, 6.07) is 22.9. The number of hydrogen-bond donors (Lipinski definition) is 0. The Morgan fingerprint density at radius 1 is 0.667 bits per heavy atom. The first-order valence-corrected chi connectivity index (χ1v) is 11.8. The fourth-order valence-corrected chi connectivity index (χ4v) is 5.79. The predicted molar refractivity (Wildman–Crippen MR) is 132 cm³/mol. The SMILES string of the molecule is CC(C)(C)c1ccc2c(c1)C(C)(C)c1cc(C(C)(C)C)cc(-c3ccccc3)c1S2. The van der Waals surface area contributed by atoms with E-state index in [2.05, 4.69) is 116 Å². The molecule has 156 valence electrons. The van der Waals surface area contributed by atoms with Crippen molar-refractivity contribution in [2.45, 2.75) is 81.4 Å². The van der Waals surface area contributed by atoms with Crippen molar-refractivity contribution < 1.29 is 0 Å². The van der Waals surface area contributed by atoms with Crippen LogP contribution in [0, 0.1) is 0 Å². The molecule has 0 aliphatic carbocycles. The van der Waals surface area contributed by atoms with Crippen molar-refractivity contribution in [1.82, 2.24) is 0 Å². The predicted octanol–water partition coefficient (Wildman–Crippen LogP) is 8.74. The van der Waals surface area contributed by atoms with Crippen LogP contribution >= 0.6 is 11.8 Å². The summed E-state index contributed by atoms with van der Waals surface area (Å²) in [5.41, 5.74) is 8.61. The molecule has 0 unspecified atom stereocenters. The molecule has 1 aliphatic heterocycles. The smallest absolute Gasteiger partial charge is 0.0242 e. The highest BCUT2D eigenvalue weighted by atomic mass is 32.2. The van der Waals surface area contributed by atoms with Crippen LogP contribution in [0.3, 0.4) is 0 Å². The van der Waals surface area contributed by atoms with Crippen LogP contribution in [-0.4, -0.2) is 0 Å². The van der Waals surface area contributed by atoms with Gasteiger partial charge in [-0.3, -0.25) is 0 Å². The van der Waals surface area contributed by atoms with Gasteiger partial charge in [0.05, 0.1) is 0 Å². The highest BCUT2D eigenvalue weighted by Gasteiger charge is 2.36. The van der Waals surface area contributed by atoms with Crippen molar-refractivity contribution in [3.63, 3.8) is 0 Å². The van der Waals surface area contributed by atoms with Gasteiger partial charge in [0.1, 0.15) is 0 Å². The molecule has 0 saturated heterocycles. The molecule has 3 aromatic rings. The topological polar surface area (TPSA) is 0 Å². The molecule has 1 aliphatic rings. The molecule has 0 N–H and O–H groups in total. The number of benzene rings is 3. The lowest BCUT2D eigenvalue weighted by Gasteiger charge is -2.38. The van der Waals surface area contributed by atoms with Gasteiger partial charge in [-0.1, -0.05) is 116 Å². The molecule has 0 atom stereocenters. The van der Waals surface area contributed by atoms with Crippen LogP contribution in [0.15, 0.2) is 70.5 Å². The molecule has 0 radical (unpaired) electrons. The monoisotopic (exact) mass is 414 g/mol. The quantitative estimate of drug-likeness (QED) is 0.383. The van der Waals surface area contributed by atoms with Crippen molar-refractivity contribution >= 4 is 11.8 Å². The van der Waals surface area contributed by atoms with Crippen LogP contribution in [0.5, 0.6) is 0 Å². The van der Waals surface area contributed by atoms with Crippen molar-refractivity contribution in [3.8, 4) is 11.1 Å². The molecule has 0 spiro atoms. The Bertz CT molecular complexity index is 1090. The fraction of sp³-hybridized carbons (Fsp3) is 0.379.